The van der Waals surface area contributed by atoms with Crippen LogP contribution >= 0.6 is 0 Å². The molecule has 0 bridgehead atoms. The van der Waals surface area contributed by atoms with Crippen molar-refractivity contribution in [1.29, 1.82) is 0 Å². The van der Waals surface area contributed by atoms with Gasteiger partial charge >= 0.3 is 5.97 Å². The van der Waals surface area contributed by atoms with Crippen LogP contribution in [0.4, 0.5) is 0 Å². The Morgan fingerprint density at radius 3 is 2.68 bits per heavy atom. The third-order valence-electron chi connectivity index (χ3n) is 3.74. The topological polar surface area (TPSA) is 58.6 Å². The van der Waals surface area contributed by atoms with E-state index < -0.39 is 11.4 Å². The monoisotopic (exact) mass is 263 g/mol. The van der Waals surface area contributed by atoms with Crippen molar-refractivity contribution in [2.24, 2.45) is 5.41 Å². The van der Waals surface area contributed by atoms with Crippen LogP contribution < -0.4 is 5.32 Å². The second-order valence-electron chi connectivity index (χ2n) is 5.43. The van der Waals surface area contributed by atoms with Gasteiger partial charge in [-0.05, 0) is 37.9 Å². The first kappa shape index (κ1) is 14.0. The average Bonchev–Trinajstić information content (AvgIpc) is 2.28. The molecule has 1 aromatic rings. The summed E-state index contributed by atoms with van der Waals surface area (Å²) < 4.78 is 5.03. The lowest BCUT2D eigenvalue weighted by Gasteiger charge is -2.37. The molecule has 0 spiro atoms. The molecule has 1 saturated heterocycles. The molecule has 1 aliphatic heterocycles. The minimum absolute atomic E-state index is 0.318. The Morgan fingerprint density at radius 1 is 1.42 bits per heavy atom. The minimum atomic E-state index is -0.766. The van der Waals surface area contributed by atoms with Crippen molar-refractivity contribution in [1.82, 2.24) is 5.32 Å². The van der Waals surface area contributed by atoms with Gasteiger partial charge in [-0.25, -0.2) is 0 Å². The van der Waals surface area contributed by atoms with Gasteiger partial charge in [-0.1, -0.05) is 23.8 Å². The molecule has 19 heavy (non-hydrogen) atoms. The van der Waals surface area contributed by atoms with Gasteiger partial charge < -0.3 is 15.2 Å². The maximum Gasteiger partial charge on any atom is 0.315 e. The van der Waals surface area contributed by atoms with Gasteiger partial charge in [0.05, 0.1) is 13.2 Å². The molecule has 2 N–H and O–H groups in total. The van der Waals surface area contributed by atoms with Crippen LogP contribution in [0.25, 0.3) is 0 Å². The third kappa shape index (κ3) is 3.14. The van der Waals surface area contributed by atoms with Crippen molar-refractivity contribution in [2.75, 3.05) is 26.3 Å². The summed E-state index contributed by atoms with van der Waals surface area (Å²) in [6.45, 7) is 6.10. The quantitative estimate of drug-likeness (QED) is 0.764. The highest BCUT2D eigenvalue weighted by atomic mass is 16.5. The maximum absolute atomic E-state index is 11.1. The zero-order valence-electron chi connectivity index (χ0n) is 11.5. The molecule has 1 fully saturated rings. The standard InChI is InChI=1S/C15H21NO3/c1-11-3-4-13(12(2)7-11)5-6-16-8-15(14(17)18)9-19-10-15/h3-4,7,16H,5-6,8-10H2,1-2H3,(H,17,18). The van der Waals surface area contributed by atoms with E-state index in [2.05, 4.69) is 37.4 Å². The zero-order valence-corrected chi connectivity index (χ0v) is 11.5. The highest BCUT2D eigenvalue weighted by molar-refractivity contribution is 5.76. The summed E-state index contributed by atoms with van der Waals surface area (Å²) in [5.74, 6) is -0.766. The Hall–Kier alpha value is -1.39. The lowest BCUT2D eigenvalue weighted by molar-refractivity contribution is -0.178. The maximum atomic E-state index is 11.1. The largest absolute Gasteiger partial charge is 0.481 e. The molecule has 2 rings (SSSR count). The summed E-state index contributed by atoms with van der Waals surface area (Å²) in [6.07, 6.45) is 0.919. The summed E-state index contributed by atoms with van der Waals surface area (Å²) in [5.41, 5.74) is 3.17. The Kier molecular flexibility index (Phi) is 4.22. The van der Waals surface area contributed by atoms with Gasteiger partial charge in [0.1, 0.15) is 5.41 Å². The van der Waals surface area contributed by atoms with Crippen molar-refractivity contribution in [3.8, 4) is 0 Å². The summed E-state index contributed by atoms with van der Waals surface area (Å²) in [4.78, 5) is 11.1. The highest BCUT2D eigenvalue weighted by Gasteiger charge is 2.45. The van der Waals surface area contributed by atoms with Crippen molar-refractivity contribution in [2.45, 2.75) is 20.3 Å². The fourth-order valence-electron chi connectivity index (χ4n) is 2.33. The number of carboxylic acids is 1. The van der Waals surface area contributed by atoms with Crippen LogP contribution in [0.15, 0.2) is 18.2 Å². The van der Waals surface area contributed by atoms with Gasteiger partial charge in [-0.15, -0.1) is 0 Å². The molecule has 0 radical (unpaired) electrons. The number of hydrogen-bond donors (Lipinski definition) is 2. The number of nitrogens with one attached hydrogen (secondary N) is 1. The van der Waals surface area contributed by atoms with E-state index in [0.717, 1.165) is 13.0 Å². The van der Waals surface area contributed by atoms with Crippen LogP contribution in [-0.2, 0) is 16.0 Å². The van der Waals surface area contributed by atoms with Crippen molar-refractivity contribution < 1.29 is 14.6 Å². The molecule has 0 amide bonds. The van der Waals surface area contributed by atoms with Crippen LogP contribution in [0.1, 0.15) is 16.7 Å². The molecule has 1 aliphatic rings. The Morgan fingerprint density at radius 2 is 2.16 bits per heavy atom. The molecule has 1 heterocycles. The van der Waals surface area contributed by atoms with Gasteiger partial charge in [-0.2, -0.15) is 0 Å². The number of carboxylic acid groups (broad SMARTS) is 1. The third-order valence-corrected chi connectivity index (χ3v) is 3.74. The number of aliphatic carboxylic acids is 1. The van der Waals surface area contributed by atoms with E-state index >= 15 is 0 Å². The first-order valence-corrected chi connectivity index (χ1v) is 6.61. The molecule has 0 aliphatic carbocycles. The second kappa shape index (κ2) is 5.72. The Labute approximate surface area is 113 Å². The molecule has 0 unspecified atom stereocenters. The zero-order chi connectivity index (χ0) is 13.9. The first-order chi connectivity index (χ1) is 9.03. The molecule has 104 valence electrons. The van der Waals surface area contributed by atoms with E-state index in [9.17, 15) is 4.79 Å². The normalized spacial score (nSPS) is 16.9. The molecule has 1 aromatic carbocycles. The van der Waals surface area contributed by atoms with Gasteiger partial charge in [0.25, 0.3) is 0 Å². The number of ether oxygens (including phenoxy) is 1. The van der Waals surface area contributed by atoms with Gasteiger partial charge in [0, 0.05) is 6.54 Å². The van der Waals surface area contributed by atoms with Crippen LogP contribution in [0.3, 0.4) is 0 Å². The molecular weight excluding hydrogens is 242 g/mol. The molecule has 4 heteroatoms. The Bertz CT molecular complexity index is 466. The molecule has 0 atom stereocenters. The van der Waals surface area contributed by atoms with Crippen LogP contribution in [0.2, 0.25) is 0 Å². The fraction of sp³-hybridized carbons (Fsp3) is 0.533. The van der Waals surface area contributed by atoms with Gasteiger partial charge in [-0.3, -0.25) is 4.79 Å². The fourth-order valence-corrected chi connectivity index (χ4v) is 2.33. The highest BCUT2D eigenvalue weighted by Crippen LogP contribution is 2.26. The molecule has 0 saturated carbocycles. The van der Waals surface area contributed by atoms with Crippen molar-refractivity contribution >= 4 is 5.97 Å². The molecule has 0 aromatic heterocycles. The minimum Gasteiger partial charge on any atom is -0.481 e. The lowest BCUT2D eigenvalue weighted by atomic mass is 9.86. The van der Waals surface area contributed by atoms with E-state index in [1.807, 2.05) is 0 Å². The average molecular weight is 263 g/mol. The van der Waals surface area contributed by atoms with Crippen LogP contribution in [0.5, 0.6) is 0 Å². The van der Waals surface area contributed by atoms with Crippen molar-refractivity contribution in [3.63, 3.8) is 0 Å². The van der Waals surface area contributed by atoms with Crippen molar-refractivity contribution in [3.05, 3.63) is 34.9 Å². The molecular formula is C15H21NO3. The van der Waals surface area contributed by atoms with E-state index in [0.29, 0.717) is 19.8 Å². The predicted molar refractivity (Wildman–Crippen MR) is 73.4 cm³/mol. The first-order valence-electron chi connectivity index (χ1n) is 6.61. The van der Waals surface area contributed by atoms with Gasteiger partial charge in [0.15, 0.2) is 0 Å². The van der Waals surface area contributed by atoms with E-state index in [-0.39, 0.29) is 0 Å². The summed E-state index contributed by atoms with van der Waals surface area (Å²) >= 11 is 0. The number of aryl methyl sites for hydroxylation is 2. The lowest BCUT2D eigenvalue weighted by Crippen LogP contribution is -2.55. The Balaban J connectivity index is 1.79. The van der Waals surface area contributed by atoms with Crippen LogP contribution in [-0.4, -0.2) is 37.4 Å². The number of hydrogen-bond acceptors (Lipinski definition) is 3. The second-order valence-corrected chi connectivity index (χ2v) is 5.43. The van der Waals surface area contributed by atoms with Crippen LogP contribution in [0, 0.1) is 19.3 Å². The smallest absolute Gasteiger partial charge is 0.315 e. The molecule has 4 nitrogen and oxygen atoms in total. The number of carbonyl (C=O) groups is 1. The summed E-state index contributed by atoms with van der Waals surface area (Å²) in [6, 6.07) is 6.43. The van der Waals surface area contributed by atoms with E-state index in [4.69, 9.17) is 9.84 Å². The SMILES string of the molecule is Cc1ccc(CCNCC2(C(=O)O)COC2)c(C)c1. The number of benzene rings is 1. The summed E-state index contributed by atoms with van der Waals surface area (Å²) in [5, 5.41) is 12.4. The van der Waals surface area contributed by atoms with E-state index in [1.54, 1.807) is 0 Å². The predicted octanol–water partition coefficient (Wildman–Crippen LogP) is 1.54. The number of rotatable bonds is 6. The van der Waals surface area contributed by atoms with E-state index in [1.165, 1.54) is 16.7 Å². The van der Waals surface area contributed by atoms with Gasteiger partial charge in [0.2, 0.25) is 0 Å². The summed E-state index contributed by atoms with van der Waals surface area (Å²) in [7, 11) is 0.